The summed E-state index contributed by atoms with van der Waals surface area (Å²) < 4.78 is 11.7. The van der Waals surface area contributed by atoms with Gasteiger partial charge in [0.15, 0.2) is 0 Å². The highest BCUT2D eigenvalue weighted by atomic mass is 32.2. The third kappa shape index (κ3) is 3.78. The Labute approximate surface area is 92.7 Å². The first kappa shape index (κ1) is 12.4. The van der Waals surface area contributed by atoms with Crippen molar-refractivity contribution in [2.45, 2.75) is 24.7 Å². The second-order valence-electron chi connectivity index (χ2n) is 3.35. The molecule has 1 atom stereocenters. The predicted molar refractivity (Wildman–Crippen MR) is 62.5 cm³/mol. The van der Waals surface area contributed by atoms with E-state index in [4.69, 9.17) is 10.0 Å². The summed E-state index contributed by atoms with van der Waals surface area (Å²) in [5, 5.41) is 17.7. The van der Waals surface area contributed by atoms with Crippen molar-refractivity contribution in [3.05, 3.63) is 24.3 Å². The van der Waals surface area contributed by atoms with Crippen LogP contribution in [-0.4, -0.2) is 27.1 Å². The Kier molecular flexibility index (Phi) is 5.01. The van der Waals surface area contributed by atoms with Gasteiger partial charge in [-0.25, -0.2) is 0 Å². The van der Waals surface area contributed by atoms with E-state index in [0.29, 0.717) is 11.2 Å². The van der Waals surface area contributed by atoms with Crippen LogP contribution in [0.3, 0.4) is 0 Å². The average molecular weight is 226 g/mol. The van der Waals surface area contributed by atoms with Crippen LogP contribution >= 0.6 is 0 Å². The lowest BCUT2D eigenvalue weighted by molar-refractivity contribution is 0.425. The van der Waals surface area contributed by atoms with Gasteiger partial charge in [0, 0.05) is 10.6 Å². The van der Waals surface area contributed by atoms with Gasteiger partial charge in [-0.3, -0.25) is 4.21 Å². The van der Waals surface area contributed by atoms with Crippen LogP contribution in [0.2, 0.25) is 0 Å². The maximum Gasteiger partial charge on any atom is 0.488 e. The van der Waals surface area contributed by atoms with Crippen LogP contribution < -0.4 is 5.46 Å². The SMILES string of the molecule is CCCC[S@](=O)c1ccc(B(O)O)cc1. The molecule has 0 aromatic heterocycles. The van der Waals surface area contributed by atoms with Gasteiger partial charge in [-0.15, -0.1) is 0 Å². The number of hydrogen-bond acceptors (Lipinski definition) is 3. The molecule has 0 aliphatic heterocycles. The van der Waals surface area contributed by atoms with Crippen molar-refractivity contribution < 1.29 is 14.3 Å². The first-order valence-corrected chi connectivity index (χ1v) is 6.31. The highest BCUT2D eigenvalue weighted by Crippen LogP contribution is 2.06. The molecule has 1 aromatic rings. The maximum atomic E-state index is 11.7. The summed E-state index contributed by atoms with van der Waals surface area (Å²) in [5.41, 5.74) is 0.422. The largest absolute Gasteiger partial charge is 0.488 e. The molecule has 0 amide bonds. The quantitative estimate of drug-likeness (QED) is 0.708. The third-order valence-electron chi connectivity index (χ3n) is 2.12. The van der Waals surface area contributed by atoms with Crippen LogP contribution in [0.4, 0.5) is 0 Å². The van der Waals surface area contributed by atoms with Gasteiger partial charge in [0.1, 0.15) is 0 Å². The van der Waals surface area contributed by atoms with Crippen molar-refractivity contribution in [3.8, 4) is 0 Å². The summed E-state index contributed by atoms with van der Waals surface area (Å²) in [5.74, 6) is 0.664. The lowest BCUT2D eigenvalue weighted by atomic mass is 9.81. The van der Waals surface area contributed by atoms with Crippen LogP contribution in [0.15, 0.2) is 29.2 Å². The zero-order valence-corrected chi connectivity index (χ0v) is 9.54. The minimum absolute atomic E-state index is 0.422. The lowest BCUT2D eigenvalue weighted by Gasteiger charge is -2.03. The van der Waals surface area contributed by atoms with E-state index in [1.54, 1.807) is 24.3 Å². The number of unbranched alkanes of at least 4 members (excludes halogenated alkanes) is 1. The molecular formula is C10H15BO3S. The second kappa shape index (κ2) is 6.05. The standard InChI is InChI=1S/C10H15BO3S/c1-2-3-8-15(14)10-6-4-9(5-7-10)11(12)13/h4-7,12-13H,2-3,8H2,1H3/t15-/m0/s1. The Hall–Kier alpha value is -0.645. The van der Waals surface area contributed by atoms with Gasteiger partial charge in [-0.2, -0.15) is 0 Å². The smallest absolute Gasteiger partial charge is 0.423 e. The molecule has 0 radical (unpaired) electrons. The Morgan fingerprint density at radius 3 is 2.33 bits per heavy atom. The van der Waals surface area contributed by atoms with E-state index in [1.807, 2.05) is 0 Å². The molecule has 0 fully saturated rings. The summed E-state index contributed by atoms with van der Waals surface area (Å²) in [6.07, 6.45) is 1.97. The molecule has 0 aliphatic rings. The average Bonchev–Trinajstić information content (AvgIpc) is 2.26. The summed E-state index contributed by atoms with van der Waals surface area (Å²) >= 11 is 0. The maximum absolute atomic E-state index is 11.7. The van der Waals surface area contributed by atoms with E-state index in [1.165, 1.54) is 0 Å². The van der Waals surface area contributed by atoms with E-state index in [2.05, 4.69) is 6.92 Å². The van der Waals surface area contributed by atoms with Gasteiger partial charge in [-0.05, 0) is 24.0 Å². The molecular weight excluding hydrogens is 211 g/mol. The van der Waals surface area contributed by atoms with E-state index in [9.17, 15) is 4.21 Å². The topological polar surface area (TPSA) is 57.5 Å². The lowest BCUT2D eigenvalue weighted by Crippen LogP contribution is -2.29. The van der Waals surface area contributed by atoms with E-state index >= 15 is 0 Å². The highest BCUT2D eigenvalue weighted by Gasteiger charge is 2.11. The normalized spacial score (nSPS) is 12.5. The molecule has 15 heavy (non-hydrogen) atoms. The van der Waals surface area contributed by atoms with Crippen LogP contribution in [0.1, 0.15) is 19.8 Å². The third-order valence-corrected chi connectivity index (χ3v) is 3.58. The van der Waals surface area contributed by atoms with Gasteiger partial charge in [-0.1, -0.05) is 25.5 Å². The minimum atomic E-state index is -1.46. The summed E-state index contributed by atoms with van der Waals surface area (Å²) in [6.45, 7) is 2.06. The molecule has 0 spiro atoms. The molecule has 0 unspecified atom stereocenters. The van der Waals surface area contributed by atoms with E-state index < -0.39 is 17.9 Å². The molecule has 1 aromatic carbocycles. The number of hydrogen-bond donors (Lipinski definition) is 2. The Bertz CT molecular complexity index is 324. The first-order chi connectivity index (χ1) is 7.15. The van der Waals surface area contributed by atoms with E-state index in [0.717, 1.165) is 17.7 Å². The number of rotatable bonds is 5. The number of benzene rings is 1. The monoisotopic (exact) mass is 226 g/mol. The minimum Gasteiger partial charge on any atom is -0.423 e. The van der Waals surface area contributed by atoms with Crippen LogP contribution in [0, 0.1) is 0 Å². The Morgan fingerprint density at radius 1 is 1.27 bits per heavy atom. The van der Waals surface area contributed by atoms with Crippen molar-refractivity contribution >= 4 is 23.4 Å². The van der Waals surface area contributed by atoms with Crippen molar-refractivity contribution in [1.29, 1.82) is 0 Å². The molecule has 1 rings (SSSR count). The van der Waals surface area contributed by atoms with Gasteiger partial charge in [0.05, 0.1) is 10.8 Å². The summed E-state index contributed by atoms with van der Waals surface area (Å²) in [4.78, 5) is 0.743. The molecule has 0 bridgehead atoms. The van der Waals surface area contributed by atoms with Crippen molar-refractivity contribution in [2.75, 3.05) is 5.75 Å². The molecule has 0 saturated heterocycles. The van der Waals surface area contributed by atoms with Crippen molar-refractivity contribution in [3.63, 3.8) is 0 Å². The van der Waals surface area contributed by atoms with Gasteiger partial charge in [0.25, 0.3) is 0 Å². The fraction of sp³-hybridized carbons (Fsp3) is 0.400. The van der Waals surface area contributed by atoms with Gasteiger partial charge >= 0.3 is 7.12 Å². The summed E-state index contributed by atoms with van der Waals surface area (Å²) in [6, 6.07) is 6.54. The molecule has 82 valence electrons. The molecule has 0 heterocycles. The fourth-order valence-electron chi connectivity index (χ4n) is 1.19. The summed E-state index contributed by atoms with van der Waals surface area (Å²) in [7, 11) is -2.42. The molecule has 5 heteroatoms. The Balaban J connectivity index is 2.67. The van der Waals surface area contributed by atoms with Crippen LogP contribution in [0.25, 0.3) is 0 Å². The fourth-order valence-corrected chi connectivity index (χ4v) is 2.41. The van der Waals surface area contributed by atoms with Crippen molar-refractivity contribution in [2.24, 2.45) is 0 Å². The van der Waals surface area contributed by atoms with Gasteiger partial charge < -0.3 is 10.0 Å². The Morgan fingerprint density at radius 2 is 1.87 bits per heavy atom. The van der Waals surface area contributed by atoms with E-state index in [-0.39, 0.29) is 0 Å². The van der Waals surface area contributed by atoms with Gasteiger partial charge in [0.2, 0.25) is 0 Å². The van der Waals surface area contributed by atoms with Crippen molar-refractivity contribution in [1.82, 2.24) is 0 Å². The predicted octanol–water partition coefficient (Wildman–Crippen LogP) is 0.274. The molecule has 0 saturated carbocycles. The highest BCUT2D eigenvalue weighted by molar-refractivity contribution is 7.85. The van der Waals surface area contributed by atoms with Crippen LogP contribution in [0.5, 0.6) is 0 Å². The zero-order chi connectivity index (χ0) is 11.3. The second-order valence-corrected chi connectivity index (χ2v) is 4.92. The molecule has 2 N–H and O–H groups in total. The van der Waals surface area contributed by atoms with Crippen LogP contribution in [-0.2, 0) is 10.8 Å². The zero-order valence-electron chi connectivity index (χ0n) is 8.72. The molecule has 3 nitrogen and oxygen atoms in total. The first-order valence-electron chi connectivity index (χ1n) is 4.99. The molecule has 0 aliphatic carbocycles.